The lowest BCUT2D eigenvalue weighted by molar-refractivity contribution is 0.599. The Balaban J connectivity index is 1.79. The van der Waals surface area contributed by atoms with Crippen molar-refractivity contribution in [1.29, 1.82) is 0 Å². The lowest BCUT2D eigenvalue weighted by atomic mass is 10.3. The number of nitrogens with two attached hydrogens (primary N) is 1. The highest BCUT2D eigenvalue weighted by Crippen LogP contribution is 2.14. The molecular formula is C13H17N5O2S. The predicted octanol–water partition coefficient (Wildman–Crippen LogP) is 1.30. The van der Waals surface area contributed by atoms with Crippen molar-refractivity contribution < 1.29 is 8.42 Å². The molecule has 0 radical (unpaired) electrons. The number of rotatable bonds is 7. The normalized spacial score (nSPS) is 11.0. The second-order valence-corrected chi connectivity index (χ2v) is 6.24. The lowest BCUT2D eigenvalue weighted by Crippen LogP contribution is -2.19. The average molecular weight is 307 g/mol. The largest absolute Gasteiger partial charge is 0.397 e. The molecule has 0 aliphatic carbocycles. The Kier molecular flexibility index (Phi) is 4.94. The Labute approximate surface area is 123 Å². The summed E-state index contributed by atoms with van der Waals surface area (Å²) in [5, 5.41) is 3.06. The van der Waals surface area contributed by atoms with Gasteiger partial charge in [0.1, 0.15) is 0 Å². The highest BCUT2D eigenvalue weighted by molar-refractivity contribution is 7.92. The molecule has 2 aromatic heterocycles. The molecule has 2 rings (SSSR count). The van der Waals surface area contributed by atoms with E-state index in [0.29, 0.717) is 30.0 Å². The van der Waals surface area contributed by atoms with E-state index in [0.717, 1.165) is 0 Å². The first kappa shape index (κ1) is 15.0. The molecule has 0 aromatic carbocycles. The molecule has 0 unspecified atom stereocenters. The summed E-state index contributed by atoms with van der Waals surface area (Å²) in [4.78, 5) is 7.78. The Bertz CT molecular complexity index is 676. The molecule has 2 aromatic rings. The Hall–Kier alpha value is -2.35. The van der Waals surface area contributed by atoms with Crippen molar-refractivity contribution in [2.45, 2.75) is 6.42 Å². The molecule has 0 amide bonds. The third-order valence-corrected chi connectivity index (χ3v) is 4.09. The minimum Gasteiger partial charge on any atom is -0.397 e. The summed E-state index contributed by atoms with van der Waals surface area (Å²) in [6.07, 6.45) is 6.73. The summed E-state index contributed by atoms with van der Waals surface area (Å²) in [5.41, 5.74) is 7.55. The fourth-order valence-corrected chi connectivity index (χ4v) is 2.81. The molecule has 4 N–H and O–H groups in total. The van der Waals surface area contributed by atoms with E-state index in [1.165, 1.54) is 12.4 Å². The van der Waals surface area contributed by atoms with Gasteiger partial charge in [-0.1, -0.05) is 0 Å². The van der Waals surface area contributed by atoms with Crippen molar-refractivity contribution in [3.8, 4) is 0 Å². The van der Waals surface area contributed by atoms with Crippen molar-refractivity contribution in [1.82, 2.24) is 9.97 Å². The first-order valence-electron chi connectivity index (χ1n) is 6.41. The first-order chi connectivity index (χ1) is 10.1. The third-order valence-electron chi connectivity index (χ3n) is 2.71. The highest BCUT2D eigenvalue weighted by Gasteiger charge is 2.09. The molecule has 0 saturated carbocycles. The third kappa shape index (κ3) is 4.92. The maximum atomic E-state index is 11.9. The van der Waals surface area contributed by atoms with Crippen molar-refractivity contribution in [2.75, 3.05) is 28.1 Å². The summed E-state index contributed by atoms with van der Waals surface area (Å²) >= 11 is 0. The molecule has 0 saturated heterocycles. The van der Waals surface area contributed by atoms with Crippen molar-refractivity contribution in [3.63, 3.8) is 0 Å². The molecular weight excluding hydrogens is 290 g/mol. The van der Waals surface area contributed by atoms with Crippen LogP contribution in [0.4, 0.5) is 17.1 Å². The lowest BCUT2D eigenvalue weighted by Gasteiger charge is -2.10. The quantitative estimate of drug-likeness (QED) is 0.665. The zero-order valence-corrected chi connectivity index (χ0v) is 12.2. The van der Waals surface area contributed by atoms with E-state index in [1.54, 1.807) is 30.6 Å². The molecule has 2 heterocycles. The Morgan fingerprint density at radius 1 is 1.10 bits per heavy atom. The van der Waals surface area contributed by atoms with Crippen LogP contribution in [0.3, 0.4) is 0 Å². The predicted molar refractivity (Wildman–Crippen MR) is 83.4 cm³/mol. The number of hydrogen-bond acceptors (Lipinski definition) is 6. The van der Waals surface area contributed by atoms with Crippen LogP contribution in [-0.2, 0) is 10.0 Å². The number of sulfonamides is 1. The monoisotopic (exact) mass is 307 g/mol. The van der Waals surface area contributed by atoms with Crippen LogP contribution in [-0.4, -0.2) is 30.7 Å². The molecule has 0 bridgehead atoms. The first-order valence-corrected chi connectivity index (χ1v) is 8.06. The van der Waals surface area contributed by atoms with Crippen LogP contribution in [0.15, 0.2) is 43.0 Å². The molecule has 0 atom stereocenters. The summed E-state index contributed by atoms with van der Waals surface area (Å²) in [5.74, 6) is 0.0164. The molecule has 0 aliphatic heterocycles. The molecule has 0 aliphatic rings. The minimum atomic E-state index is -3.36. The number of aromatic nitrogens is 2. The van der Waals surface area contributed by atoms with Crippen LogP contribution in [0.5, 0.6) is 0 Å². The summed E-state index contributed by atoms with van der Waals surface area (Å²) in [6, 6.07) is 4.89. The van der Waals surface area contributed by atoms with E-state index in [9.17, 15) is 8.42 Å². The van der Waals surface area contributed by atoms with Crippen LogP contribution in [0.2, 0.25) is 0 Å². The number of anilines is 3. The van der Waals surface area contributed by atoms with Gasteiger partial charge in [-0.25, -0.2) is 8.42 Å². The van der Waals surface area contributed by atoms with E-state index in [1.807, 2.05) is 0 Å². The minimum absolute atomic E-state index is 0.0164. The standard InChI is InChI=1S/C13H17N5O2S/c14-12-4-8-16-10-13(12)17-5-1-9-21(19,20)18-11-2-6-15-7-3-11/h2-4,6-8,10,17H,1,5,9H2,(H2,14,16)(H,15,18). The number of nitrogens with one attached hydrogen (secondary N) is 2. The average Bonchev–Trinajstić information content (AvgIpc) is 2.46. The van der Waals surface area contributed by atoms with Gasteiger partial charge in [-0.05, 0) is 24.6 Å². The Morgan fingerprint density at radius 2 is 1.81 bits per heavy atom. The van der Waals surface area contributed by atoms with Gasteiger partial charge in [0.25, 0.3) is 0 Å². The summed E-state index contributed by atoms with van der Waals surface area (Å²) in [7, 11) is -3.36. The van der Waals surface area contributed by atoms with E-state index in [-0.39, 0.29) is 5.75 Å². The van der Waals surface area contributed by atoms with Crippen molar-refractivity contribution in [2.24, 2.45) is 0 Å². The van der Waals surface area contributed by atoms with Gasteiger partial charge in [-0.3, -0.25) is 14.7 Å². The smallest absolute Gasteiger partial charge is 0.232 e. The molecule has 0 spiro atoms. The van der Waals surface area contributed by atoms with Crippen LogP contribution < -0.4 is 15.8 Å². The van der Waals surface area contributed by atoms with Gasteiger partial charge in [0.05, 0.1) is 29.0 Å². The van der Waals surface area contributed by atoms with Crippen LogP contribution in [0.1, 0.15) is 6.42 Å². The molecule has 0 fully saturated rings. The van der Waals surface area contributed by atoms with Gasteiger partial charge < -0.3 is 11.1 Å². The van der Waals surface area contributed by atoms with E-state index in [4.69, 9.17) is 5.73 Å². The zero-order valence-electron chi connectivity index (χ0n) is 11.4. The number of pyridine rings is 2. The van der Waals surface area contributed by atoms with Gasteiger partial charge in [-0.2, -0.15) is 0 Å². The van der Waals surface area contributed by atoms with E-state index < -0.39 is 10.0 Å². The van der Waals surface area contributed by atoms with E-state index >= 15 is 0 Å². The molecule has 7 nitrogen and oxygen atoms in total. The van der Waals surface area contributed by atoms with Gasteiger partial charge in [0.15, 0.2) is 0 Å². The Morgan fingerprint density at radius 3 is 2.52 bits per heavy atom. The zero-order chi connectivity index (χ0) is 15.1. The second-order valence-electron chi connectivity index (χ2n) is 4.40. The van der Waals surface area contributed by atoms with Crippen molar-refractivity contribution >= 4 is 27.1 Å². The highest BCUT2D eigenvalue weighted by atomic mass is 32.2. The van der Waals surface area contributed by atoms with Crippen LogP contribution >= 0.6 is 0 Å². The van der Waals surface area contributed by atoms with Gasteiger partial charge in [-0.15, -0.1) is 0 Å². The van der Waals surface area contributed by atoms with Gasteiger partial charge >= 0.3 is 0 Å². The van der Waals surface area contributed by atoms with E-state index in [2.05, 4.69) is 20.0 Å². The SMILES string of the molecule is Nc1ccncc1NCCCS(=O)(=O)Nc1ccncc1. The van der Waals surface area contributed by atoms with Crippen molar-refractivity contribution in [3.05, 3.63) is 43.0 Å². The summed E-state index contributed by atoms with van der Waals surface area (Å²) < 4.78 is 26.3. The summed E-state index contributed by atoms with van der Waals surface area (Å²) in [6.45, 7) is 0.493. The maximum absolute atomic E-state index is 11.9. The number of nitrogen functional groups attached to an aromatic ring is 1. The number of nitrogens with zero attached hydrogens (tertiary/aromatic N) is 2. The van der Waals surface area contributed by atoms with Crippen LogP contribution in [0, 0.1) is 0 Å². The fourth-order valence-electron chi connectivity index (χ4n) is 1.69. The fraction of sp³-hybridized carbons (Fsp3) is 0.231. The maximum Gasteiger partial charge on any atom is 0.232 e. The topological polar surface area (TPSA) is 110 Å². The molecule has 8 heteroatoms. The number of hydrogen-bond donors (Lipinski definition) is 3. The molecule has 21 heavy (non-hydrogen) atoms. The second kappa shape index (κ2) is 6.89. The molecule has 112 valence electrons. The van der Waals surface area contributed by atoms with Gasteiger partial charge in [0.2, 0.25) is 10.0 Å². The van der Waals surface area contributed by atoms with Gasteiger partial charge in [0, 0.05) is 25.1 Å². The van der Waals surface area contributed by atoms with Crippen LogP contribution in [0.25, 0.3) is 0 Å².